The molecule has 0 bridgehead atoms. The average molecular weight is 339 g/mol. The van der Waals surface area contributed by atoms with Crippen LogP contribution in [0.4, 0.5) is 0 Å². The third kappa shape index (κ3) is 5.79. The Bertz CT molecular complexity index is 522. The van der Waals surface area contributed by atoms with Crippen molar-refractivity contribution in [1.82, 2.24) is 10.6 Å². The third-order valence-corrected chi connectivity index (χ3v) is 4.26. The van der Waals surface area contributed by atoms with E-state index in [9.17, 15) is 4.79 Å². The Morgan fingerprint density at radius 2 is 2.09 bits per heavy atom. The fraction of sp³-hybridized carbons (Fsp3) is 0.611. The molecule has 1 saturated heterocycles. The molecular weight excluding hydrogens is 312 g/mol. The Hall–Kier alpha value is -1.10. The molecule has 1 aliphatic heterocycles. The number of carbonyl (C=O) groups excluding carboxylic acids is 1. The lowest BCUT2D eigenvalue weighted by molar-refractivity contribution is -0.153. The summed E-state index contributed by atoms with van der Waals surface area (Å²) in [7, 11) is 0. The molecule has 0 amide bonds. The lowest BCUT2D eigenvalue weighted by Crippen LogP contribution is -2.43. The van der Waals surface area contributed by atoms with Crippen molar-refractivity contribution >= 4 is 17.6 Å². The van der Waals surface area contributed by atoms with Gasteiger partial charge < -0.3 is 15.4 Å². The van der Waals surface area contributed by atoms with Crippen LogP contribution in [-0.4, -0.2) is 31.7 Å². The summed E-state index contributed by atoms with van der Waals surface area (Å²) in [5.41, 5.74) is 0.561. The number of benzene rings is 1. The van der Waals surface area contributed by atoms with Crippen LogP contribution in [-0.2, 0) is 9.53 Å². The van der Waals surface area contributed by atoms with Crippen molar-refractivity contribution in [3.63, 3.8) is 0 Å². The Morgan fingerprint density at radius 3 is 2.70 bits per heavy atom. The molecule has 5 heteroatoms. The molecule has 0 spiro atoms. The standard InChI is InChI=1S/C18H27ClN2O2/c1-18(2,3)17(22)23-12-16(13-5-4-6-14(19)11-13)21-15-7-9-20-10-8-15/h4-6,11,15-16,20-21H,7-10,12H2,1-3H3/t16-/m0/s1. The molecule has 1 heterocycles. The third-order valence-electron chi connectivity index (χ3n) is 4.02. The fourth-order valence-corrected chi connectivity index (χ4v) is 2.81. The minimum Gasteiger partial charge on any atom is -0.463 e. The van der Waals surface area contributed by atoms with Gasteiger partial charge in [0.25, 0.3) is 0 Å². The van der Waals surface area contributed by atoms with Gasteiger partial charge in [0, 0.05) is 11.1 Å². The first kappa shape index (κ1) is 18.2. The van der Waals surface area contributed by atoms with E-state index in [-0.39, 0.29) is 12.0 Å². The van der Waals surface area contributed by atoms with Crippen molar-refractivity contribution in [2.75, 3.05) is 19.7 Å². The number of hydrogen-bond acceptors (Lipinski definition) is 4. The maximum Gasteiger partial charge on any atom is 0.311 e. The summed E-state index contributed by atoms with van der Waals surface area (Å²) < 4.78 is 5.54. The second kappa shape index (κ2) is 8.13. The second-order valence-electron chi connectivity index (χ2n) is 7.15. The van der Waals surface area contributed by atoms with Crippen LogP contribution in [0.15, 0.2) is 24.3 Å². The van der Waals surface area contributed by atoms with Gasteiger partial charge in [0.1, 0.15) is 6.61 Å². The molecule has 1 aromatic carbocycles. The molecule has 0 radical (unpaired) electrons. The maximum atomic E-state index is 12.1. The minimum absolute atomic E-state index is 0.0388. The highest BCUT2D eigenvalue weighted by Gasteiger charge is 2.26. The Balaban J connectivity index is 2.06. The lowest BCUT2D eigenvalue weighted by atomic mass is 9.97. The molecular formula is C18H27ClN2O2. The normalized spacial score (nSPS) is 17.7. The number of carbonyl (C=O) groups is 1. The SMILES string of the molecule is CC(C)(C)C(=O)OC[C@H](NC1CCNCC1)c1cccc(Cl)c1. The Kier molecular flexibility index (Phi) is 6.45. The summed E-state index contributed by atoms with van der Waals surface area (Å²) in [6, 6.07) is 8.13. The quantitative estimate of drug-likeness (QED) is 0.809. The highest BCUT2D eigenvalue weighted by Crippen LogP contribution is 2.22. The number of rotatable bonds is 5. The molecule has 0 unspecified atom stereocenters. The van der Waals surface area contributed by atoms with Gasteiger partial charge in [-0.15, -0.1) is 0 Å². The molecule has 4 nitrogen and oxygen atoms in total. The van der Waals surface area contributed by atoms with Gasteiger partial charge in [0.15, 0.2) is 0 Å². The number of ether oxygens (including phenoxy) is 1. The molecule has 1 fully saturated rings. The van der Waals surface area contributed by atoms with E-state index < -0.39 is 5.41 Å². The van der Waals surface area contributed by atoms with Crippen LogP contribution in [0, 0.1) is 5.41 Å². The Morgan fingerprint density at radius 1 is 1.39 bits per heavy atom. The Labute approximate surface area is 143 Å². The van der Waals surface area contributed by atoms with Crippen molar-refractivity contribution < 1.29 is 9.53 Å². The predicted molar refractivity (Wildman–Crippen MR) is 93.6 cm³/mol. The minimum atomic E-state index is -0.492. The predicted octanol–water partition coefficient (Wildman–Crippen LogP) is 3.31. The highest BCUT2D eigenvalue weighted by molar-refractivity contribution is 6.30. The molecule has 0 saturated carbocycles. The van der Waals surface area contributed by atoms with Gasteiger partial charge in [-0.3, -0.25) is 4.79 Å². The van der Waals surface area contributed by atoms with E-state index in [1.165, 1.54) is 0 Å². The largest absolute Gasteiger partial charge is 0.463 e. The monoisotopic (exact) mass is 338 g/mol. The van der Waals surface area contributed by atoms with E-state index in [2.05, 4.69) is 10.6 Å². The van der Waals surface area contributed by atoms with Crippen molar-refractivity contribution in [1.29, 1.82) is 0 Å². The van der Waals surface area contributed by atoms with Crippen molar-refractivity contribution in [3.8, 4) is 0 Å². The van der Waals surface area contributed by atoms with Crippen LogP contribution in [0.3, 0.4) is 0 Å². The van der Waals surface area contributed by atoms with E-state index in [0.717, 1.165) is 31.5 Å². The summed E-state index contributed by atoms with van der Waals surface area (Å²) >= 11 is 6.12. The smallest absolute Gasteiger partial charge is 0.311 e. The molecule has 23 heavy (non-hydrogen) atoms. The summed E-state index contributed by atoms with van der Waals surface area (Å²) in [5, 5.41) is 7.69. The van der Waals surface area contributed by atoms with Gasteiger partial charge in [-0.25, -0.2) is 0 Å². The molecule has 2 rings (SSSR count). The van der Waals surface area contributed by atoms with Gasteiger partial charge >= 0.3 is 5.97 Å². The molecule has 1 aromatic rings. The van der Waals surface area contributed by atoms with Crippen LogP contribution in [0.1, 0.15) is 45.2 Å². The molecule has 1 aliphatic rings. The summed E-state index contributed by atoms with van der Waals surface area (Å²) in [5.74, 6) is -0.184. The fourth-order valence-electron chi connectivity index (χ4n) is 2.61. The summed E-state index contributed by atoms with van der Waals surface area (Å²) in [6.07, 6.45) is 2.15. The summed E-state index contributed by atoms with van der Waals surface area (Å²) in [4.78, 5) is 12.1. The zero-order valence-electron chi connectivity index (χ0n) is 14.2. The zero-order valence-corrected chi connectivity index (χ0v) is 15.0. The van der Waals surface area contributed by atoms with E-state index in [4.69, 9.17) is 16.3 Å². The topological polar surface area (TPSA) is 50.4 Å². The molecule has 1 atom stereocenters. The van der Waals surface area contributed by atoms with Gasteiger partial charge in [0.2, 0.25) is 0 Å². The van der Waals surface area contributed by atoms with E-state index in [0.29, 0.717) is 17.7 Å². The summed E-state index contributed by atoms with van der Waals surface area (Å²) in [6.45, 7) is 7.95. The highest BCUT2D eigenvalue weighted by atomic mass is 35.5. The first-order valence-electron chi connectivity index (χ1n) is 8.26. The number of halogens is 1. The maximum absolute atomic E-state index is 12.1. The first-order valence-corrected chi connectivity index (χ1v) is 8.63. The van der Waals surface area contributed by atoms with Crippen LogP contribution >= 0.6 is 11.6 Å². The number of nitrogens with one attached hydrogen (secondary N) is 2. The molecule has 2 N–H and O–H groups in total. The van der Waals surface area contributed by atoms with Gasteiger partial charge in [0.05, 0.1) is 11.5 Å². The van der Waals surface area contributed by atoms with Crippen molar-refractivity contribution in [2.45, 2.75) is 45.7 Å². The number of esters is 1. The average Bonchev–Trinajstić information content (AvgIpc) is 2.51. The van der Waals surface area contributed by atoms with E-state index >= 15 is 0 Å². The van der Waals surface area contributed by atoms with Crippen molar-refractivity contribution in [3.05, 3.63) is 34.9 Å². The van der Waals surface area contributed by atoms with Crippen LogP contribution in [0.25, 0.3) is 0 Å². The molecule has 0 aromatic heterocycles. The first-order chi connectivity index (χ1) is 10.9. The van der Waals surface area contributed by atoms with Crippen LogP contribution in [0.2, 0.25) is 5.02 Å². The molecule has 128 valence electrons. The molecule has 0 aliphatic carbocycles. The number of hydrogen-bond donors (Lipinski definition) is 2. The van der Waals surface area contributed by atoms with Crippen molar-refractivity contribution in [2.24, 2.45) is 5.41 Å². The zero-order chi connectivity index (χ0) is 16.9. The second-order valence-corrected chi connectivity index (χ2v) is 7.58. The van der Waals surface area contributed by atoms with Gasteiger partial charge in [-0.05, 0) is 64.4 Å². The van der Waals surface area contributed by atoms with E-state index in [1.54, 1.807) is 0 Å². The van der Waals surface area contributed by atoms with Gasteiger partial charge in [-0.2, -0.15) is 0 Å². The van der Waals surface area contributed by atoms with Crippen LogP contribution in [0.5, 0.6) is 0 Å². The van der Waals surface area contributed by atoms with E-state index in [1.807, 2.05) is 45.0 Å². The lowest BCUT2D eigenvalue weighted by Gasteiger charge is -2.30. The number of piperidine rings is 1. The van der Waals surface area contributed by atoms with Gasteiger partial charge in [-0.1, -0.05) is 23.7 Å². The van der Waals surface area contributed by atoms with Crippen LogP contribution < -0.4 is 10.6 Å².